The van der Waals surface area contributed by atoms with Crippen LogP contribution in [0, 0.1) is 34.5 Å². The summed E-state index contributed by atoms with van der Waals surface area (Å²) in [5.41, 5.74) is -1.50. The lowest BCUT2D eigenvalue weighted by Gasteiger charge is -2.57. The van der Waals surface area contributed by atoms with E-state index in [0.717, 1.165) is 32.1 Å². The first-order chi connectivity index (χ1) is 14.7. The van der Waals surface area contributed by atoms with Crippen molar-refractivity contribution in [1.82, 2.24) is 0 Å². The molecule has 3 fully saturated rings. The van der Waals surface area contributed by atoms with Crippen molar-refractivity contribution in [3.8, 4) is 0 Å². The standard InChI is InChI=1S/C25H38O6/c1-16(28)31-18-6-9-23(2,17(13-18)14-26)20-7-10-24(3)21(19(20)15-27)8-11-25(24,29)22-5-4-12-30-22/h4-5,12,17-21,26-27,29H,6-11,13-15H2,1-3H3/t17-,18+,19-,20+,21+,23+,24+,25-/m1/s1. The molecule has 0 aromatic carbocycles. The zero-order chi connectivity index (χ0) is 22.4. The third-order valence-electron chi connectivity index (χ3n) is 9.61. The van der Waals surface area contributed by atoms with Gasteiger partial charge >= 0.3 is 5.97 Å². The maximum Gasteiger partial charge on any atom is 0.302 e. The number of rotatable bonds is 5. The molecule has 0 bridgehead atoms. The number of hydrogen-bond acceptors (Lipinski definition) is 6. The summed E-state index contributed by atoms with van der Waals surface area (Å²) < 4.78 is 11.1. The van der Waals surface area contributed by atoms with Gasteiger partial charge in [-0.3, -0.25) is 4.79 Å². The Morgan fingerprint density at radius 3 is 2.48 bits per heavy atom. The van der Waals surface area contributed by atoms with Crippen LogP contribution in [0.3, 0.4) is 0 Å². The first-order valence-corrected chi connectivity index (χ1v) is 11.8. The van der Waals surface area contributed by atoms with Crippen molar-refractivity contribution in [3.63, 3.8) is 0 Å². The molecule has 31 heavy (non-hydrogen) atoms. The Kier molecular flexibility index (Phi) is 6.03. The Hall–Kier alpha value is -1.37. The summed E-state index contributed by atoms with van der Waals surface area (Å²) >= 11 is 0. The van der Waals surface area contributed by atoms with Gasteiger partial charge in [-0.15, -0.1) is 0 Å². The van der Waals surface area contributed by atoms with Gasteiger partial charge in [0.15, 0.2) is 0 Å². The van der Waals surface area contributed by atoms with Gasteiger partial charge < -0.3 is 24.5 Å². The van der Waals surface area contributed by atoms with E-state index < -0.39 is 5.60 Å². The average molecular weight is 435 g/mol. The van der Waals surface area contributed by atoms with Crippen molar-refractivity contribution < 1.29 is 29.3 Å². The van der Waals surface area contributed by atoms with E-state index in [4.69, 9.17) is 9.15 Å². The van der Waals surface area contributed by atoms with Gasteiger partial charge in [0.1, 0.15) is 17.5 Å². The second-order valence-electron chi connectivity index (χ2n) is 10.8. The fourth-order valence-corrected chi connectivity index (χ4v) is 7.79. The lowest BCUT2D eigenvalue weighted by Crippen LogP contribution is -2.55. The van der Waals surface area contributed by atoms with Crippen LogP contribution in [0.4, 0.5) is 0 Å². The van der Waals surface area contributed by atoms with Crippen molar-refractivity contribution in [3.05, 3.63) is 24.2 Å². The molecule has 1 aromatic rings. The van der Waals surface area contributed by atoms with Crippen LogP contribution in [-0.2, 0) is 15.1 Å². The molecule has 6 heteroatoms. The number of ether oxygens (including phenoxy) is 1. The predicted molar refractivity (Wildman–Crippen MR) is 115 cm³/mol. The molecule has 0 amide bonds. The lowest BCUT2D eigenvalue weighted by atomic mass is 9.48. The number of esters is 1. The van der Waals surface area contributed by atoms with Crippen LogP contribution in [0.1, 0.15) is 71.5 Å². The number of hydrogen-bond donors (Lipinski definition) is 3. The summed E-state index contributed by atoms with van der Waals surface area (Å²) in [4.78, 5) is 11.4. The molecule has 174 valence electrons. The lowest BCUT2D eigenvalue weighted by molar-refractivity contribution is -0.167. The van der Waals surface area contributed by atoms with E-state index in [9.17, 15) is 20.1 Å². The van der Waals surface area contributed by atoms with Crippen molar-refractivity contribution in [2.24, 2.45) is 34.5 Å². The summed E-state index contributed by atoms with van der Waals surface area (Å²) in [7, 11) is 0. The van der Waals surface area contributed by atoms with E-state index in [1.807, 2.05) is 12.1 Å². The van der Waals surface area contributed by atoms with Gasteiger partial charge in [-0.25, -0.2) is 0 Å². The van der Waals surface area contributed by atoms with Crippen molar-refractivity contribution in [2.45, 2.75) is 77.4 Å². The van der Waals surface area contributed by atoms with E-state index >= 15 is 0 Å². The van der Waals surface area contributed by atoms with E-state index in [1.165, 1.54) is 6.92 Å². The predicted octanol–water partition coefficient (Wildman–Crippen LogP) is 3.63. The van der Waals surface area contributed by atoms with E-state index in [2.05, 4.69) is 13.8 Å². The van der Waals surface area contributed by atoms with Gasteiger partial charge in [0.2, 0.25) is 0 Å². The number of aliphatic hydroxyl groups excluding tert-OH is 2. The van der Waals surface area contributed by atoms with Gasteiger partial charge in [-0.2, -0.15) is 0 Å². The van der Waals surface area contributed by atoms with Gasteiger partial charge in [0.25, 0.3) is 0 Å². The number of aliphatic hydroxyl groups is 3. The summed E-state index contributed by atoms with van der Waals surface area (Å²) in [5, 5.41) is 32.6. The van der Waals surface area contributed by atoms with E-state index in [-0.39, 0.29) is 59.8 Å². The second-order valence-corrected chi connectivity index (χ2v) is 10.8. The second kappa shape index (κ2) is 8.20. The molecule has 1 heterocycles. The fourth-order valence-electron chi connectivity index (χ4n) is 7.79. The molecule has 6 nitrogen and oxygen atoms in total. The normalized spacial score (nSPS) is 45.3. The molecule has 3 N–H and O–H groups in total. The largest absolute Gasteiger partial charge is 0.466 e. The Bertz CT molecular complexity index is 777. The van der Waals surface area contributed by atoms with Crippen molar-refractivity contribution in [2.75, 3.05) is 13.2 Å². The Morgan fingerprint density at radius 2 is 1.87 bits per heavy atom. The third kappa shape index (κ3) is 3.46. The van der Waals surface area contributed by atoms with Crippen LogP contribution in [-0.4, -0.2) is 40.6 Å². The molecular weight excluding hydrogens is 396 g/mol. The number of carbonyl (C=O) groups is 1. The first-order valence-electron chi connectivity index (χ1n) is 11.8. The van der Waals surface area contributed by atoms with E-state index in [0.29, 0.717) is 18.6 Å². The summed E-state index contributed by atoms with van der Waals surface area (Å²) in [6, 6.07) is 3.70. The molecule has 8 atom stereocenters. The molecule has 0 unspecified atom stereocenters. The highest BCUT2D eigenvalue weighted by Gasteiger charge is 2.65. The highest BCUT2D eigenvalue weighted by Crippen LogP contribution is 2.67. The Labute approximate surface area is 185 Å². The van der Waals surface area contributed by atoms with Crippen LogP contribution in [0.5, 0.6) is 0 Å². The first kappa shape index (κ1) is 22.8. The Morgan fingerprint density at radius 1 is 1.13 bits per heavy atom. The summed E-state index contributed by atoms with van der Waals surface area (Å²) in [6.45, 7) is 5.99. The van der Waals surface area contributed by atoms with Gasteiger partial charge in [-0.05, 0) is 86.2 Å². The molecule has 0 radical (unpaired) electrons. The van der Waals surface area contributed by atoms with E-state index in [1.54, 1.807) is 6.26 Å². The fraction of sp³-hybridized carbons (Fsp3) is 0.800. The zero-order valence-electron chi connectivity index (χ0n) is 19.0. The summed E-state index contributed by atoms with van der Waals surface area (Å²) in [5.74, 6) is 0.897. The highest BCUT2D eigenvalue weighted by molar-refractivity contribution is 5.66. The smallest absolute Gasteiger partial charge is 0.302 e. The summed E-state index contributed by atoms with van der Waals surface area (Å²) in [6.07, 6.45) is 7.05. The minimum atomic E-state index is -1.01. The maximum atomic E-state index is 11.7. The molecule has 3 aliphatic rings. The molecular formula is C25H38O6. The number of furan rings is 1. The van der Waals surface area contributed by atoms with Crippen molar-refractivity contribution >= 4 is 5.97 Å². The highest BCUT2D eigenvalue weighted by atomic mass is 16.5. The Balaban J connectivity index is 1.60. The van der Waals surface area contributed by atoms with Crippen LogP contribution in [0.15, 0.2) is 22.8 Å². The minimum Gasteiger partial charge on any atom is -0.466 e. The van der Waals surface area contributed by atoms with Gasteiger partial charge in [0.05, 0.1) is 6.26 Å². The average Bonchev–Trinajstić information content (AvgIpc) is 3.36. The topological polar surface area (TPSA) is 100 Å². The van der Waals surface area contributed by atoms with Crippen LogP contribution in [0.25, 0.3) is 0 Å². The molecule has 0 spiro atoms. The van der Waals surface area contributed by atoms with Crippen molar-refractivity contribution in [1.29, 1.82) is 0 Å². The van der Waals surface area contributed by atoms with Crippen LogP contribution < -0.4 is 0 Å². The zero-order valence-corrected chi connectivity index (χ0v) is 19.0. The van der Waals surface area contributed by atoms with Gasteiger partial charge in [-0.1, -0.05) is 13.8 Å². The molecule has 1 aromatic heterocycles. The molecule has 3 aliphatic carbocycles. The molecule has 0 saturated heterocycles. The quantitative estimate of drug-likeness (QED) is 0.612. The molecule has 4 rings (SSSR count). The van der Waals surface area contributed by atoms with Crippen LogP contribution in [0.2, 0.25) is 0 Å². The number of carbonyl (C=O) groups excluding carboxylic acids is 1. The monoisotopic (exact) mass is 434 g/mol. The number of fused-ring (bicyclic) bond motifs is 1. The molecule has 0 aliphatic heterocycles. The van der Waals surface area contributed by atoms with Gasteiger partial charge in [0, 0.05) is 25.6 Å². The molecule has 3 saturated carbocycles. The minimum absolute atomic E-state index is 0.0272. The van der Waals surface area contributed by atoms with Crippen LogP contribution >= 0.6 is 0 Å². The maximum absolute atomic E-state index is 11.7. The third-order valence-corrected chi connectivity index (χ3v) is 9.61. The SMILES string of the molecule is CC(=O)O[C@H]1CC[C@](C)([C@H]2CC[C@@]3(C)[C@@H](CC[C@@]3(O)c3ccco3)[C@@H]2CO)[C@@H](CO)C1.